The zero-order valence-electron chi connectivity index (χ0n) is 20.1. The first-order valence-electron chi connectivity index (χ1n) is 11.9. The lowest BCUT2D eigenvalue weighted by Crippen LogP contribution is -2.16. The van der Waals surface area contributed by atoms with E-state index < -0.39 is 17.9 Å². The summed E-state index contributed by atoms with van der Waals surface area (Å²) in [7, 11) is 0. The van der Waals surface area contributed by atoms with Gasteiger partial charge in [-0.1, -0.05) is 69.0 Å². The van der Waals surface area contributed by atoms with Crippen LogP contribution in [0, 0.1) is 0 Å². The average molecular weight is 489 g/mol. The highest BCUT2D eigenvalue weighted by Gasteiger charge is 2.22. The summed E-state index contributed by atoms with van der Waals surface area (Å²) in [6.07, 6.45) is 5.28. The van der Waals surface area contributed by atoms with E-state index in [9.17, 15) is 19.2 Å². The highest BCUT2D eigenvalue weighted by Crippen LogP contribution is 2.24. The third-order valence-corrected chi connectivity index (χ3v) is 5.44. The highest BCUT2D eigenvalue weighted by molar-refractivity contribution is 6.01. The number of rotatable bonds is 11. The SMILES string of the molecule is CCCCCCCC(=O)c1ccc(OC(=O)c2ccccc2)c(C(=O)OOC(=O)c2ccccc2)c1. The molecule has 0 saturated carbocycles. The minimum Gasteiger partial charge on any atom is -0.422 e. The second-order valence-corrected chi connectivity index (χ2v) is 8.16. The van der Waals surface area contributed by atoms with Gasteiger partial charge >= 0.3 is 17.9 Å². The monoisotopic (exact) mass is 488 g/mol. The molecule has 0 aliphatic carbocycles. The average Bonchev–Trinajstić information content (AvgIpc) is 2.92. The van der Waals surface area contributed by atoms with Crippen LogP contribution >= 0.6 is 0 Å². The first-order chi connectivity index (χ1) is 17.5. The Kier molecular flexibility index (Phi) is 9.94. The zero-order chi connectivity index (χ0) is 25.8. The number of carbonyl (C=O) groups is 4. The van der Waals surface area contributed by atoms with E-state index in [-0.39, 0.29) is 33.8 Å². The number of carbonyl (C=O) groups excluding carboxylic acids is 4. The van der Waals surface area contributed by atoms with E-state index in [1.54, 1.807) is 48.5 Å². The summed E-state index contributed by atoms with van der Waals surface area (Å²) in [6, 6.07) is 20.4. The summed E-state index contributed by atoms with van der Waals surface area (Å²) in [6.45, 7) is 2.12. The largest absolute Gasteiger partial charge is 0.422 e. The number of hydrogen-bond donors (Lipinski definition) is 0. The molecule has 0 atom stereocenters. The predicted octanol–water partition coefficient (Wildman–Crippen LogP) is 6.38. The molecule has 7 nitrogen and oxygen atoms in total. The first-order valence-corrected chi connectivity index (χ1v) is 11.9. The van der Waals surface area contributed by atoms with Crippen LogP contribution in [0.25, 0.3) is 0 Å². The number of benzene rings is 3. The van der Waals surface area contributed by atoms with E-state index in [1.807, 2.05) is 0 Å². The van der Waals surface area contributed by atoms with Gasteiger partial charge in [-0.25, -0.2) is 24.2 Å². The Morgan fingerprint density at radius 1 is 0.611 bits per heavy atom. The zero-order valence-corrected chi connectivity index (χ0v) is 20.1. The van der Waals surface area contributed by atoms with Crippen LogP contribution in [0.4, 0.5) is 0 Å². The third kappa shape index (κ3) is 7.63. The molecule has 36 heavy (non-hydrogen) atoms. The number of esters is 1. The number of ketones is 1. The van der Waals surface area contributed by atoms with E-state index >= 15 is 0 Å². The lowest BCUT2D eigenvalue weighted by atomic mass is 10.0. The van der Waals surface area contributed by atoms with Gasteiger partial charge in [0.2, 0.25) is 0 Å². The van der Waals surface area contributed by atoms with E-state index in [2.05, 4.69) is 11.8 Å². The summed E-state index contributed by atoms with van der Waals surface area (Å²) >= 11 is 0. The van der Waals surface area contributed by atoms with Crippen molar-refractivity contribution >= 4 is 23.7 Å². The molecule has 0 aliphatic heterocycles. The Labute approximate surface area is 209 Å². The van der Waals surface area contributed by atoms with Crippen molar-refractivity contribution in [2.24, 2.45) is 0 Å². The molecule has 3 aromatic rings. The Hall–Kier alpha value is -4.26. The molecule has 3 aromatic carbocycles. The maximum atomic E-state index is 12.8. The third-order valence-electron chi connectivity index (χ3n) is 5.44. The van der Waals surface area contributed by atoms with Crippen LogP contribution in [-0.2, 0) is 9.78 Å². The van der Waals surface area contributed by atoms with Crippen molar-refractivity contribution in [3.8, 4) is 5.75 Å². The van der Waals surface area contributed by atoms with Gasteiger partial charge in [-0.3, -0.25) is 4.79 Å². The van der Waals surface area contributed by atoms with Gasteiger partial charge in [0.15, 0.2) is 5.78 Å². The molecular formula is C29H28O7. The van der Waals surface area contributed by atoms with E-state index in [4.69, 9.17) is 9.62 Å². The number of ether oxygens (including phenoxy) is 1. The summed E-state index contributed by atoms with van der Waals surface area (Å²) in [5.74, 6) is -2.91. The predicted molar refractivity (Wildman–Crippen MR) is 133 cm³/mol. The van der Waals surface area contributed by atoms with Crippen molar-refractivity contribution in [3.63, 3.8) is 0 Å². The van der Waals surface area contributed by atoms with Crippen LogP contribution in [0.1, 0.15) is 86.9 Å². The van der Waals surface area contributed by atoms with Crippen molar-refractivity contribution in [3.05, 3.63) is 101 Å². The van der Waals surface area contributed by atoms with E-state index in [0.717, 1.165) is 32.1 Å². The van der Waals surface area contributed by atoms with Crippen molar-refractivity contribution < 1.29 is 33.7 Å². The van der Waals surface area contributed by atoms with Crippen LogP contribution < -0.4 is 4.74 Å². The second kappa shape index (κ2) is 13.6. The molecule has 0 aliphatic rings. The fraction of sp³-hybridized carbons (Fsp3) is 0.241. The van der Waals surface area contributed by atoms with Gasteiger partial charge in [0, 0.05) is 12.0 Å². The van der Waals surface area contributed by atoms with Crippen LogP contribution in [0.5, 0.6) is 5.75 Å². The maximum absolute atomic E-state index is 12.8. The lowest BCUT2D eigenvalue weighted by Gasteiger charge is -2.11. The van der Waals surface area contributed by atoms with Gasteiger partial charge in [-0.2, -0.15) is 0 Å². The Bertz CT molecular complexity index is 1190. The quantitative estimate of drug-likeness (QED) is 0.0772. The van der Waals surface area contributed by atoms with Gasteiger partial charge in [0.25, 0.3) is 0 Å². The smallest absolute Gasteiger partial charge is 0.390 e. The molecule has 186 valence electrons. The second-order valence-electron chi connectivity index (χ2n) is 8.16. The standard InChI is InChI=1S/C29H28O7/c1-2-3-4-5-12-17-25(30)23-18-19-26(34-27(31)21-13-8-6-9-14-21)24(20-23)29(33)36-35-28(32)22-15-10-7-11-16-22/h6-11,13-16,18-20H,2-5,12,17H2,1H3. The highest BCUT2D eigenvalue weighted by atomic mass is 17.2. The van der Waals surface area contributed by atoms with Gasteiger partial charge in [-0.15, -0.1) is 0 Å². The molecule has 0 heterocycles. The lowest BCUT2D eigenvalue weighted by molar-refractivity contribution is -0.187. The molecule has 0 saturated heterocycles. The Balaban J connectivity index is 1.77. The maximum Gasteiger partial charge on any atom is 0.390 e. The summed E-state index contributed by atoms with van der Waals surface area (Å²) < 4.78 is 5.41. The molecule has 0 N–H and O–H groups in total. The number of Topliss-reactive ketones (excluding diaryl/α,β-unsaturated/α-hetero) is 1. The molecule has 0 bridgehead atoms. The van der Waals surface area contributed by atoms with Crippen LogP contribution in [-0.4, -0.2) is 23.7 Å². The van der Waals surface area contributed by atoms with Crippen LogP contribution in [0.3, 0.4) is 0 Å². The number of hydrogen-bond acceptors (Lipinski definition) is 7. The van der Waals surface area contributed by atoms with E-state index in [1.165, 1.54) is 30.3 Å². The molecule has 0 amide bonds. The fourth-order valence-corrected chi connectivity index (χ4v) is 3.46. The molecule has 0 spiro atoms. The molecule has 3 rings (SSSR count). The minimum atomic E-state index is -1.08. The summed E-state index contributed by atoms with van der Waals surface area (Å²) in [5, 5.41) is 0. The number of unbranched alkanes of at least 4 members (excludes halogenated alkanes) is 4. The molecule has 0 fully saturated rings. The van der Waals surface area contributed by atoms with Gasteiger partial charge in [-0.05, 0) is 48.9 Å². The van der Waals surface area contributed by atoms with Crippen molar-refractivity contribution in [1.82, 2.24) is 0 Å². The van der Waals surface area contributed by atoms with E-state index in [0.29, 0.717) is 6.42 Å². The fourth-order valence-electron chi connectivity index (χ4n) is 3.46. The van der Waals surface area contributed by atoms with Crippen molar-refractivity contribution in [1.29, 1.82) is 0 Å². The molecule has 0 radical (unpaired) electrons. The Morgan fingerprint density at radius 3 is 1.83 bits per heavy atom. The minimum absolute atomic E-state index is 0.121. The summed E-state index contributed by atoms with van der Waals surface area (Å²) in [5.41, 5.74) is 0.524. The normalized spacial score (nSPS) is 10.4. The first kappa shape index (κ1) is 26.3. The van der Waals surface area contributed by atoms with Gasteiger partial charge in [0.05, 0.1) is 11.1 Å². The molecule has 0 unspecified atom stereocenters. The van der Waals surface area contributed by atoms with Crippen LogP contribution in [0.15, 0.2) is 78.9 Å². The van der Waals surface area contributed by atoms with Crippen molar-refractivity contribution in [2.45, 2.75) is 45.4 Å². The van der Waals surface area contributed by atoms with Crippen LogP contribution in [0.2, 0.25) is 0 Å². The Morgan fingerprint density at radius 2 is 1.19 bits per heavy atom. The topological polar surface area (TPSA) is 96.0 Å². The van der Waals surface area contributed by atoms with Gasteiger partial charge < -0.3 is 4.74 Å². The molecular weight excluding hydrogens is 460 g/mol. The molecule has 0 aromatic heterocycles. The molecule has 7 heteroatoms. The van der Waals surface area contributed by atoms with Gasteiger partial charge in [0.1, 0.15) is 11.3 Å². The summed E-state index contributed by atoms with van der Waals surface area (Å²) in [4.78, 5) is 59.7. The van der Waals surface area contributed by atoms with Crippen molar-refractivity contribution in [2.75, 3.05) is 0 Å².